The van der Waals surface area contributed by atoms with Crippen molar-refractivity contribution in [3.63, 3.8) is 0 Å². The summed E-state index contributed by atoms with van der Waals surface area (Å²) in [5, 5.41) is 0. The molecular weight excluding hydrogens is 627 g/mol. The Morgan fingerprint density at radius 2 is 0.958 bits per heavy atom. The summed E-state index contributed by atoms with van der Waals surface area (Å²) in [7, 11) is -4.76. The van der Waals surface area contributed by atoms with Crippen LogP contribution in [0.1, 0.15) is 168 Å². The molecule has 0 spiro atoms. The Morgan fingerprint density at radius 3 is 1.46 bits per heavy atom. The summed E-state index contributed by atoms with van der Waals surface area (Å²) in [5.74, 6) is -0.950. The molecule has 278 valence electrons. The van der Waals surface area contributed by atoms with Crippen molar-refractivity contribution < 1.29 is 37.9 Å². The summed E-state index contributed by atoms with van der Waals surface area (Å²) in [6.45, 7) is 3.60. The first kappa shape index (κ1) is 46.0. The first-order valence-electron chi connectivity index (χ1n) is 18.9. The van der Waals surface area contributed by atoms with Crippen molar-refractivity contribution in [3.05, 3.63) is 48.6 Å². The van der Waals surface area contributed by atoms with Gasteiger partial charge in [0.05, 0.1) is 6.61 Å². The lowest BCUT2D eigenvalue weighted by Gasteiger charge is -2.18. The largest absolute Gasteiger partial charge is 0.469 e. The lowest BCUT2D eigenvalue weighted by atomic mass is 10.0. The Balaban J connectivity index is 4.08. The third-order valence-corrected chi connectivity index (χ3v) is 8.34. The molecule has 2 N–H and O–H groups in total. The van der Waals surface area contributed by atoms with Crippen LogP contribution >= 0.6 is 7.82 Å². The van der Waals surface area contributed by atoms with E-state index >= 15 is 0 Å². The molecule has 0 saturated carbocycles. The first-order chi connectivity index (χ1) is 23.3. The van der Waals surface area contributed by atoms with Crippen LogP contribution in [0.4, 0.5) is 0 Å². The SMILES string of the molecule is CCCCC/C=C\C/C=C\C/C=C\C/C=C\CCCC(=O)OC(COC(=O)CCCCCCCCCCCCCCC)COP(=O)(O)O. The molecule has 0 aliphatic carbocycles. The average Bonchev–Trinajstić information content (AvgIpc) is 3.05. The van der Waals surface area contributed by atoms with Crippen molar-refractivity contribution >= 4 is 19.8 Å². The number of rotatable bonds is 34. The zero-order valence-electron chi connectivity index (χ0n) is 30.4. The minimum atomic E-state index is -4.76. The average molecular weight is 697 g/mol. The van der Waals surface area contributed by atoms with Gasteiger partial charge in [0.25, 0.3) is 0 Å². The lowest BCUT2D eigenvalue weighted by Crippen LogP contribution is -2.29. The molecule has 0 heterocycles. The Hall–Kier alpha value is -1.99. The fraction of sp³-hybridized carbons (Fsp3) is 0.744. The summed E-state index contributed by atoms with van der Waals surface area (Å²) in [4.78, 5) is 42.6. The van der Waals surface area contributed by atoms with E-state index in [2.05, 4.69) is 60.9 Å². The number of ether oxygens (including phenoxy) is 2. The van der Waals surface area contributed by atoms with E-state index in [0.717, 1.165) is 38.5 Å². The molecule has 0 bridgehead atoms. The van der Waals surface area contributed by atoms with E-state index in [1.54, 1.807) is 0 Å². The van der Waals surface area contributed by atoms with Crippen molar-refractivity contribution in [2.75, 3.05) is 13.2 Å². The molecule has 1 unspecified atom stereocenters. The second-order valence-corrected chi connectivity index (χ2v) is 13.8. The zero-order chi connectivity index (χ0) is 35.4. The van der Waals surface area contributed by atoms with Gasteiger partial charge >= 0.3 is 19.8 Å². The van der Waals surface area contributed by atoms with Crippen LogP contribution in [0.3, 0.4) is 0 Å². The maximum atomic E-state index is 12.3. The van der Waals surface area contributed by atoms with Gasteiger partial charge in [0.15, 0.2) is 6.10 Å². The van der Waals surface area contributed by atoms with E-state index in [4.69, 9.17) is 19.3 Å². The number of hydrogen-bond acceptors (Lipinski definition) is 6. The molecule has 0 amide bonds. The molecule has 0 saturated heterocycles. The van der Waals surface area contributed by atoms with Crippen LogP contribution in [-0.2, 0) is 28.2 Å². The molecule has 48 heavy (non-hydrogen) atoms. The van der Waals surface area contributed by atoms with Crippen LogP contribution in [0.15, 0.2) is 48.6 Å². The van der Waals surface area contributed by atoms with Crippen LogP contribution in [0.2, 0.25) is 0 Å². The van der Waals surface area contributed by atoms with E-state index in [1.807, 2.05) is 6.08 Å². The van der Waals surface area contributed by atoms with Crippen LogP contribution in [0.5, 0.6) is 0 Å². The Morgan fingerprint density at radius 1 is 0.542 bits per heavy atom. The normalized spacial score (nSPS) is 13.0. The number of allylic oxidation sites excluding steroid dienone is 8. The topological polar surface area (TPSA) is 119 Å². The predicted octanol–water partition coefficient (Wildman–Crippen LogP) is 11.2. The van der Waals surface area contributed by atoms with E-state index in [1.165, 1.54) is 89.9 Å². The molecule has 0 aliphatic heterocycles. The van der Waals surface area contributed by atoms with Gasteiger partial charge in [-0.15, -0.1) is 0 Å². The van der Waals surface area contributed by atoms with Gasteiger partial charge in [0, 0.05) is 12.8 Å². The number of esters is 2. The van der Waals surface area contributed by atoms with Gasteiger partial charge in [-0.25, -0.2) is 4.57 Å². The van der Waals surface area contributed by atoms with Crippen molar-refractivity contribution in [2.45, 2.75) is 174 Å². The van der Waals surface area contributed by atoms with Gasteiger partial charge in [0.1, 0.15) is 6.61 Å². The van der Waals surface area contributed by atoms with Crippen LogP contribution in [-0.4, -0.2) is 41.0 Å². The smallest absolute Gasteiger partial charge is 0.462 e. The zero-order valence-corrected chi connectivity index (χ0v) is 31.3. The lowest BCUT2D eigenvalue weighted by molar-refractivity contribution is -0.161. The van der Waals surface area contributed by atoms with E-state index < -0.39 is 32.5 Å². The van der Waals surface area contributed by atoms with Gasteiger partial charge in [-0.1, -0.05) is 152 Å². The van der Waals surface area contributed by atoms with Gasteiger partial charge in [-0.2, -0.15) is 0 Å². The highest BCUT2D eigenvalue weighted by atomic mass is 31.2. The van der Waals surface area contributed by atoms with Crippen molar-refractivity contribution in [1.29, 1.82) is 0 Å². The molecular formula is C39H69O8P. The predicted molar refractivity (Wildman–Crippen MR) is 198 cm³/mol. The fourth-order valence-electron chi connectivity index (χ4n) is 5.01. The molecule has 9 heteroatoms. The summed E-state index contributed by atoms with van der Waals surface area (Å²) < 4.78 is 26.2. The van der Waals surface area contributed by atoms with Crippen molar-refractivity contribution in [3.8, 4) is 0 Å². The standard InChI is InChI=1S/C39H69O8P/c1-3-5-7-9-11-13-15-17-18-19-20-22-24-26-28-30-32-34-39(41)47-37(36-46-48(42,43)44)35-45-38(40)33-31-29-27-25-23-21-16-14-12-10-8-6-4-2/h11,13,17-18,20,22,26,28,37H,3-10,12,14-16,19,21,23-25,27,29-36H2,1-2H3,(H2,42,43,44)/b13-11-,18-17-,22-20-,28-26-. The minimum Gasteiger partial charge on any atom is -0.462 e. The van der Waals surface area contributed by atoms with Crippen LogP contribution in [0, 0.1) is 0 Å². The molecule has 0 aromatic carbocycles. The molecule has 0 aromatic rings. The van der Waals surface area contributed by atoms with Crippen molar-refractivity contribution in [2.24, 2.45) is 0 Å². The van der Waals surface area contributed by atoms with Crippen LogP contribution in [0.25, 0.3) is 0 Å². The maximum absolute atomic E-state index is 12.3. The number of phosphoric ester groups is 1. The minimum absolute atomic E-state index is 0.136. The highest BCUT2D eigenvalue weighted by molar-refractivity contribution is 7.46. The third kappa shape index (κ3) is 36.8. The number of phosphoric acid groups is 1. The summed E-state index contributed by atoms with van der Waals surface area (Å²) in [5.41, 5.74) is 0. The third-order valence-electron chi connectivity index (χ3n) is 7.85. The fourth-order valence-corrected chi connectivity index (χ4v) is 5.37. The van der Waals surface area contributed by atoms with E-state index in [0.29, 0.717) is 12.8 Å². The second-order valence-electron chi connectivity index (χ2n) is 12.6. The van der Waals surface area contributed by atoms with E-state index in [9.17, 15) is 14.2 Å². The number of hydrogen-bond donors (Lipinski definition) is 2. The van der Waals surface area contributed by atoms with Crippen molar-refractivity contribution in [1.82, 2.24) is 0 Å². The monoisotopic (exact) mass is 696 g/mol. The highest BCUT2D eigenvalue weighted by Crippen LogP contribution is 2.36. The van der Waals surface area contributed by atoms with E-state index in [-0.39, 0.29) is 19.4 Å². The molecule has 1 atom stereocenters. The van der Waals surface area contributed by atoms with Crippen LogP contribution < -0.4 is 0 Å². The summed E-state index contributed by atoms with van der Waals surface area (Å²) >= 11 is 0. The Labute approximate surface area is 293 Å². The first-order valence-corrected chi connectivity index (χ1v) is 20.5. The Kier molecular flexibility index (Phi) is 33.4. The maximum Gasteiger partial charge on any atom is 0.469 e. The molecule has 8 nitrogen and oxygen atoms in total. The molecule has 0 rings (SSSR count). The number of carbonyl (C=O) groups is 2. The number of carbonyl (C=O) groups excluding carboxylic acids is 2. The van der Waals surface area contributed by atoms with Gasteiger partial charge in [0.2, 0.25) is 0 Å². The van der Waals surface area contributed by atoms with Gasteiger partial charge in [-0.05, 0) is 51.4 Å². The molecule has 0 radical (unpaired) electrons. The molecule has 0 aromatic heterocycles. The summed E-state index contributed by atoms with van der Waals surface area (Å²) in [6, 6.07) is 0. The molecule has 0 aliphatic rings. The molecule has 0 fully saturated rings. The van der Waals surface area contributed by atoms with Gasteiger partial charge < -0.3 is 19.3 Å². The quantitative estimate of drug-likeness (QED) is 0.0295. The highest BCUT2D eigenvalue weighted by Gasteiger charge is 2.22. The summed E-state index contributed by atoms with van der Waals surface area (Å²) in [6.07, 6.45) is 41.2. The van der Waals surface area contributed by atoms with Gasteiger partial charge in [-0.3, -0.25) is 14.1 Å². The Bertz CT molecular complexity index is 921. The number of unbranched alkanes of at least 4 members (excludes halogenated alkanes) is 16. The second kappa shape index (κ2) is 34.9.